The Kier molecular flexibility index (Phi) is 8.63. The van der Waals surface area contributed by atoms with Gasteiger partial charge in [-0.3, -0.25) is 9.54 Å². The first-order chi connectivity index (χ1) is 5.00. The maximum atomic E-state index is 8.63. The molecule has 1 rings (SSSR count). The van der Waals surface area contributed by atoms with Gasteiger partial charge < -0.3 is 4.55 Å². The number of pyridine rings is 1. The van der Waals surface area contributed by atoms with Crippen molar-refractivity contribution in [2.75, 3.05) is 0 Å². The van der Waals surface area contributed by atoms with Crippen LogP contribution in [0.5, 0.6) is 0 Å². The number of rotatable bonds is 0. The third-order valence-electron chi connectivity index (χ3n) is 0.566. The Morgan fingerprint density at radius 1 is 1.17 bits per heavy atom. The molecule has 0 unspecified atom stereocenters. The maximum absolute atomic E-state index is 8.63. The monoisotopic (exact) mass is 240 g/mol. The van der Waals surface area contributed by atoms with Crippen molar-refractivity contribution in [3.05, 3.63) is 30.6 Å². The SMILES string of the molecule is O=S(=O)([O-])O.[Zn].c1ccncc1. The second-order valence-electron chi connectivity index (χ2n) is 1.45. The normalized spacial score (nSPS) is 8.83. The molecule has 0 aromatic carbocycles. The van der Waals surface area contributed by atoms with Gasteiger partial charge in [0.15, 0.2) is 0 Å². The summed E-state index contributed by atoms with van der Waals surface area (Å²) in [6.45, 7) is 0. The van der Waals surface area contributed by atoms with E-state index >= 15 is 0 Å². The maximum Gasteiger partial charge on any atom is 0.215 e. The molecule has 0 fully saturated rings. The van der Waals surface area contributed by atoms with E-state index in [1.807, 2.05) is 18.2 Å². The van der Waals surface area contributed by atoms with E-state index in [0.29, 0.717) is 0 Å². The van der Waals surface area contributed by atoms with E-state index in [0.717, 1.165) is 0 Å². The predicted octanol–water partition coefficient (Wildman–Crippen LogP) is 0.0837. The zero-order chi connectivity index (χ0) is 8.74. The van der Waals surface area contributed by atoms with E-state index in [9.17, 15) is 0 Å². The van der Waals surface area contributed by atoms with Gasteiger partial charge in [0.2, 0.25) is 10.4 Å². The number of hydrogen-bond acceptors (Lipinski definition) is 4. The van der Waals surface area contributed by atoms with E-state index in [2.05, 4.69) is 4.98 Å². The van der Waals surface area contributed by atoms with Crippen molar-refractivity contribution in [2.24, 2.45) is 0 Å². The van der Waals surface area contributed by atoms with Crippen molar-refractivity contribution in [3.8, 4) is 0 Å². The molecule has 7 heteroatoms. The summed E-state index contributed by atoms with van der Waals surface area (Å²) in [5, 5.41) is 0. The minimum Gasteiger partial charge on any atom is -0.726 e. The van der Waals surface area contributed by atoms with E-state index in [1.54, 1.807) is 12.4 Å². The third-order valence-corrected chi connectivity index (χ3v) is 0.566. The summed E-state index contributed by atoms with van der Waals surface area (Å²) >= 11 is 0. The molecule has 0 atom stereocenters. The van der Waals surface area contributed by atoms with Gasteiger partial charge in [0.1, 0.15) is 0 Å². The molecule has 1 aromatic rings. The molecule has 0 bridgehead atoms. The number of aromatic nitrogens is 1. The fourth-order valence-corrected chi connectivity index (χ4v) is 0.313. The zero-order valence-electron chi connectivity index (χ0n) is 6.12. The molecule has 0 spiro atoms. The topological polar surface area (TPSA) is 90.3 Å². The molecule has 64 valence electrons. The molecule has 0 saturated carbocycles. The van der Waals surface area contributed by atoms with Gasteiger partial charge in [-0.05, 0) is 12.1 Å². The van der Waals surface area contributed by atoms with Gasteiger partial charge in [0.25, 0.3) is 0 Å². The van der Waals surface area contributed by atoms with Crippen LogP contribution in [-0.4, -0.2) is 22.5 Å². The van der Waals surface area contributed by atoms with Gasteiger partial charge in [-0.2, -0.15) is 0 Å². The van der Waals surface area contributed by atoms with Crippen LogP contribution in [0.1, 0.15) is 0 Å². The number of nitrogens with zero attached hydrogens (tertiary/aromatic N) is 1. The first-order valence-corrected chi connectivity index (χ1v) is 3.90. The summed E-state index contributed by atoms with van der Waals surface area (Å²) in [6.07, 6.45) is 3.50. The average molecular weight is 242 g/mol. The molecular formula is C5H6NO4SZn-. The summed E-state index contributed by atoms with van der Waals surface area (Å²) in [5.74, 6) is 0. The van der Waals surface area contributed by atoms with Gasteiger partial charge in [0.05, 0.1) is 0 Å². The Bertz CT molecular complexity index is 240. The number of hydrogen-bond donors (Lipinski definition) is 1. The van der Waals surface area contributed by atoms with Gasteiger partial charge >= 0.3 is 0 Å². The van der Waals surface area contributed by atoms with E-state index in [1.165, 1.54) is 0 Å². The molecule has 0 amide bonds. The molecular weight excluding hydrogens is 236 g/mol. The van der Waals surface area contributed by atoms with Crippen LogP contribution in [0.15, 0.2) is 30.6 Å². The largest absolute Gasteiger partial charge is 0.726 e. The Balaban J connectivity index is 0. The third kappa shape index (κ3) is 22.6. The molecule has 5 nitrogen and oxygen atoms in total. The molecule has 0 aliphatic rings. The summed E-state index contributed by atoms with van der Waals surface area (Å²) in [5.41, 5.74) is 0. The standard InChI is InChI=1S/C5H5N.H2O4S.Zn/c1-2-4-6-5-3-1;1-5(2,3)4;/h1-5H;(H2,1,2,3,4);/p-1. The second kappa shape index (κ2) is 7.30. The van der Waals surface area contributed by atoms with Crippen molar-refractivity contribution in [3.63, 3.8) is 0 Å². The molecule has 0 radical (unpaired) electrons. The Morgan fingerprint density at radius 2 is 1.50 bits per heavy atom. The predicted molar refractivity (Wildman–Crippen MR) is 36.6 cm³/mol. The summed E-state index contributed by atoms with van der Waals surface area (Å²) in [4.78, 5) is 3.78. The van der Waals surface area contributed by atoms with Crippen LogP contribution in [0.2, 0.25) is 0 Å². The van der Waals surface area contributed by atoms with Gasteiger partial charge in [-0.25, -0.2) is 8.42 Å². The van der Waals surface area contributed by atoms with Crippen LogP contribution in [-0.2, 0) is 29.9 Å². The van der Waals surface area contributed by atoms with E-state index in [4.69, 9.17) is 17.5 Å². The van der Waals surface area contributed by atoms with Crippen molar-refractivity contribution in [1.82, 2.24) is 4.98 Å². The fourth-order valence-electron chi connectivity index (χ4n) is 0.313. The minimum absolute atomic E-state index is 0. The fraction of sp³-hybridized carbons (Fsp3) is 0. The summed E-state index contributed by atoms with van der Waals surface area (Å²) < 4.78 is 32.8. The van der Waals surface area contributed by atoms with Crippen LogP contribution < -0.4 is 0 Å². The van der Waals surface area contributed by atoms with Crippen LogP contribution in [0.4, 0.5) is 0 Å². The molecule has 1 N–H and O–H groups in total. The Hall–Kier alpha value is -0.357. The molecule has 1 heterocycles. The van der Waals surface area contributed by atoms with E-state index in [-0.39, 0.29) is 19.5 Å². The van der Waals surface area contributed by atoms with Crippen LogP contribution >= 0.6 is 0 Å². The Labute approximate surface area is 83.2 Å². The van der Waals surface area contributed by atoms with Crippen molar-refractivity contribution in [2.45, 2.75) is 0 Å². The van der Waals surface area contributed by atoms with Crippen LogP contribution in [0, 0.1) is 0 Å². The first kappa shape index (κ1) is 14.2. The summed E-state index contributed by atoms with van der Waals surface area (Å²) in [7, 11) is -4.92. The molecule has 0 aliphatic carbocycles. The first-order valence-electron chi connectivity index (χ1n) is 2.53. The quantitative estimate of drug-likeness (QED) is 0.395. The van der Waals surface area contributed by atoms with Gasteiger partial charge in [-0.1, -0.05) is 6.07 Å². The average Bonchev–Trinajstić information content (AvgIpc) is 1.88. The zero-order valence-corrected chi connectivity index (χ0v) is 9.90. The molecule has 0 saturated heterocycles. The van der Waals surface area contributed by atoms with Gasteiger partial charge in [-0.15, -0.1) is 0 Å². The van der Waals surface area contributed by atoms with Gasteiger partial charge in [0, 0.05) is 31.9 Å². The molecule has 0 aliphatic heterocycles. The molecule has 12 heavy (non-hydrogen) atoms. The van der Waals surface area contributed by atoms with E-state index < -0.39 is 10.4 Å². The smallest absolute Gasteiger partial charge is 0.215 e. The Morgan fingerprint density at radius 3 is 1.58 bits per heavy atom. The van der Waals surface area contributed by atoms with Crippen LogP contribution in [0.3, 0.4) is 0 Å². The minimum atomic E-state index is -4.92. The summed E-state index contributed by atoms with van der Waals surface area (Å²) in [6, 6.07) is 5.72. The second-order valence-corrected chi connectivity index (χ2v) is 2.31. The van der Waals surface area contributed by atoms with Crippen LogP contribution in [0.25, 0.3) is 0 Å². The molecule has 1 aromatic heterocycles. The van der Waals surface area contributed by atoms with Crippen molar-refractivity contribution >= 4 is 10.4 Å². The van der Waals surface area contributed by atoms with Crippen molar-refractivity contribution < 1.29 is 37.0 Å². The van der Waals surface area contributed by atoms with Crippen molar-refractivity contribution in [1.29, 1.82) is 0 Å².